The standard InChI is InChI=1S/C11H15BrN2O/c1-3-4-8-14(2)11(15)9-6-5-7-13-10(9)12/h5-7H,3-4,8H2,1-2H3. The number of hydrogen-bond donors (Lipinski definition) is 0. The van der Waals surface area contributed by atoms with E-state index < -0.39 is 0 Å². The average molecular weight is 271 g/mol. The molecule has 3 nitrogen and oxygen atoms in total. The number of amides is 1. The molecule has 0 aliphatic rings. The number of halogens is 1. The molecular weight excluding hydrogens is 256 g/mol. The number of unbranched alkanes of at least 4 members (excludes halogenated alkanes) is 1. The van der Waals surface area contributed by atoms with Crippen molar-refractivity contribution in [3.8, 4) is 0 Å². The van der Waals surface area contributed by atoms with Crippen molar-refractivity contribution in [3.05, 3.63) is 28.5 Å². The molecule has 0 aliphatic heterocycles. The van der Waals surface area contributed by atoms with Crippen LogP contribution in [0, 0.1) is 0 Å². The molecule has 0 saturated carbocycles. The fourth-order valence-corrected chi connectivity index (χ4v) is 1.67. The Morgan fingerprint density at radius 1 is 1.60 bits per heavy atom. The lowest BCUT2D eigenvalue weighted by atomic mass is 10.2. The smallest absolute Gasteiger partial charge is 0.256 e. The zero-order valence-corrected chi connectivity index (χ0v) is 10.6. The highest BCUT2D eigenvalue weighted by molar-refractivity contribution is 9.10. The van der Waals surface area contributed by atoms with Crippen LogP contribution in [-0.4, -0.2) is 29.4 Å². The summed E-state index contributed by atoms with van der Waals surface area (Å²) in [4.78, 5) is 17.7. The lowest BCUT2D eigenvalue weighted by molar-refractivity contribution is 0.0792. The molecule has 0 atom stereocenters. The number of aromatic nitrogens is 1. The fourth-order valence-electron chi connectivity index (χ4n) is 1.25. The molecule has 0 radical (unpaired) electrons. The van der Waals surface area contributed by atoms with Gasteiger partial charge in [0.2, 0.25) is 0 Å². The van der Waals surface area contributed by atoms with Gasteiger partial charge in [-0.3, -0.25) is 4.79 Å². The Bertz CT molecular complexity index is 341. The summed E-state index contributed by atoms with van der Waals surface area (Å²) in [6.07, 6.45) is 3.78. The van der Waals surface area contributed by atoms with E-state index in [2.05, 4.69) is 27.8 Å². The maximum Gasteiger partial charge on any atom is 0.256 e. The number of rotatable bonds is 4. The molecule has 82 valence electrons. The second-order valence-electron chi connectivity index (χ2n) is 3.42. The topological polar surface area (TPSA) is 33.2 Å². The summed E-state index contributed by atoms with van der Waals surface area (Å²) >= 11 is 3.27. The highest BCUT2D eigenvalue weighted by Crippen LogP contribution is 2.14. The van der Waals surface area contributed by atoms with E-state index in [-0.39, 0.29) is 5.91 Å². The van der Waals surface area contributed by atoms with E-state index >= 15 is 0 Å². The molecule has 0 unspecified atom stereocenters. The normalized spacial score (nSPS) is 10.1. The molecule has 1 aromatic heterocycles. The molecular formula is C11H15BrN2O. The Labute approximate surface area is 98.6 Å². The van der Waals surface area contributed by atoms with Crippen molar-refractivity contribution in [2.75, 3.05) is 13.6 Å². The van der Waals surface area contributed by atoms with Crippen LogP contribution in [0.1, 0.15) is 30.1 Å². The van der Waals surface area contributed by atoms with Crippen LogP contribution >= 0.6 is 15.9 Å². The molecule has 15 heavy (non-hydrogen) atoms. The van der Waals surface area contributed by atoms with E-state index in [9.17, 15) is 4.79 Å². The van der Waals surface area contributed by atoms with Crippen LogP contribution in [0.25, 0.3) is 0 Å². The Balaban J connectivity index is 2.72. The summed E-state index contributed by atoms with van der Waals surface area (Å²) in [7, 11) is 1.82. The van der Waals surface area contributed by atoms with Gasteiger partial charge in [0, 0.05) is 19.8 Å². The van der Waals surface area contributed by atoms with Crippen molar-refractivity contribution in [1.29, 1.82) is 0 Å². The quantitative estimate of drug-likeness (QED) is 0.789. The van der Waals surface area contributed by atoms with Crippen LogP contribution in [-0.2, 0) is 0 Å². The van der Waals surface area contributed by atoms with Crippen LogP contribution < -0.4 is 0 Å². The van der Waals surface area contributed by atoms with Crippen molar-refractivity contribution in [2.24, 2.45) is 0 Å². The predicted molar refractivity (Wildman–Crippen MR) is 63.8 cm³/mol. The Morgan fingerprint density at radius 2 is 2.33 bits per heavy atom. The first-order valence-corrected chi connectivity index (χ1v) is 5.82. The molecule has 0 N–H and O–H groups in total. The molecule has 1 amide bonds. The summed E-state index contributed by atoms with van der Waals surface area (Å²) < 4.78 is 0.610. The molecule has 0 spiro atoms. The first-order valence-electron chi connectivity index (χ1n) is 5.02. The monoisotopic (exact) mass is 270 g/mol. The number of hydrogen-bond acceptors (Lipinski definition) is 2. The molecule has 1 aromatic rings. The van der Waals surface area contributed by atoms with Crippen molar-refractivity contribution in [1.82, 2.24) is 9.88 Å². The van der Waals surface area contributed by atoms with Gasteiger partial charge in [0.05, 0.1) is 5.56 Å². The third-order valence-electron chi connectivity index (χ3n) is 2.18. The maximum atomic E-state index is 11.9. The summed E-state index contributed by atoms with van der Waals surface area (Å²) in [5.74, 6) is 0.0171. The number of carbonyl (C=O) groups is 1. The first kappa shape index (κ1) is 12.2. The van der Waals surface area contributed by atoms with E-state index in [1.165, 1.54) is 0 Å². The minimum absolute atomic E-state index is 0.0171. The van der Waals surface area contributed by atoms with Gasteiger partial charge >= 0.3 is 0 Å². The average Bonchev–Trinajstić information content (AvgIpc) is 2.25. The van der Waals surface area contributed by atoms with E-state index in [1.54, 1.807) is 23.2 Å². The SMILES string of the molecule is CCCCN(C)C(=O)c1cccnc1Br. The van der Waals surface area contributed by atoms with E-state index in [0.717, 1.165) is 19.4 Å². The second-order valence-corrected chi connectivity index (χ2v) is 4.17. The lowest BCUT2D eigenvalue weighted by Crippen LogP contribution is -2.28. The second kappa shape index (κ2) is 5.85. The molecule has 1 rings (SSSR count). The van der Waals surface area contributed by atoms with E-state index in [0.29, 0.717) is 10.2 Å². The molecule has 4 heteroatoms. The van der Waals surface area contributed by atoms with Gasteiger partial charge in [-0.05, 0) is 34.5 Å². The lowest BCUT2D eigenvalue weighted by Gasteiger charge is -2.16. The Morgan fingerprint density at radius 3 is 2.93 bits per heavy atom. The van der Waals surface area contributed by atoms with Gasteiger partial charge in [-0.2, -0.15) is 0 Å². The molecule has 0 aromatic carbocycles. The highest BCUT2D eigenvalue weighted by atomic mass is 79.9. The van der Waals surface area contributed by atoms with Crippen LogP contribution in [0.5, 0.6) is 0 Å². The van der Waals surface area contributed by atoms with Gasteiger partial charge in [-0.25, -0.2) is 4.98 Å². The number of carbonyl (C=O) groups excluding carboxylic acids is 1. The third kappa shape index (κ3) is 3.30. The Hall–Kier alpha value is -0.900. The highest BCUT2D eigenvalue weighted by Gasteiger charge is 2.14. The van der Waals surface area contributed by atoms with Gasteiger partial charge in [-0.1, -0.05) is 13.3 Å². The van der Waals surface area contributed by atoms with Gasteiger partial charge in [0.15, 0.2) is 0 Å². The van der Waals surface area contributed by atoms with Crippen LogP contribution in [0.3, 0.4) is 0 Å². The fraction of sp³-hybridized carbons (Fsp3) is 0.455. The maximum absolute atomic E-state index is 11.9. The predicted octanol–water partition coefficient (Wildman–Crippen LogP) is 2.72. The van der Waals surface area contributed by atoms with Crippen molar-refractivity contribution < 1.29 is 4.79 Å². The molecule has 0 aliphatic carbocycles. The molecule has 0 bridgehead atoms. The summed E-state index contributed by atoms with van der Waals surface area (Å²) in [6, 6.07) is 3.55. The van der Waals surface area contributed by atoms with Crippen LogP contribution in [0.4, 0.5) is 0 Å². The van der Waals surface area contributed by atoms with Gasteiger partial charge in [-0.15, -0.1) is 0 Å². The number of pyridine rings is 1. The van der Waals surface area contributed by atoms with Crippen molar-refractivity contribution in [3.63, 3.8) is 0 Å². The van der Waals surface area contributed by atoms with Gasteiger partial charge in [0.1, 0.15) is 4.60 Å². The molecule has 0 fully saturated rings. The van der Waals surface area contributed by atoms with Crippen molar-refractivity contribution >= 4 is 21.8 Å². The largest absolute Gasteiger partial charge is 0.342 e. The minimum Gasteiger partial charge on any atom is -0.342 e. The zero-order chi connectivity index (χ0) is 11.3. The molecule has 0 saturated heterocycles. The van der Waals surface area contributed by atoms with Gasteiger partial charge < -0.3 is 4.90 Å². The summed E-state index contributed by atoms with van der Waals surface area (Å²) in [6.45, 7) is 2.90. The molecule has 1 heterocycles. The van der Waals surface area contributed by atoms with E-state index in [1.807, 2.05) is 7.05 Å². The Kier molecular flexibility index (Phi) is 4.75. The third-order valence-corrected chi connectivity index (χ3v) is 2.82. The van der Waals surface area contributed by atoms with Gasteiger partial charge in [0.25, 0.3) is 5.91 Å². The van der Waals surface area contributed by atoms with Crippen molar-refractivity contribution in [2.45, 2.75) is 19.8 Å². The summed E-state index contributed by atoms with van der Waals surface area (Å²) in [5, 5.41) is 0. The zero-order valence-electron chi connectivity index (χ0n) is 9.03. The van der Waals surface area contributed by atoms with Crippen LogP contribution in [0.15, 0.2) is 22.9 Å². The summed E-state index contributed by atoms with van der Waals surface area (Å²) in [5.41, 5.74) is 0.621. The number of nitrogens with zero attached hydrogens (tertiary/aromatic N) is 2. The van der Waals surface area contributed by atoms with E-state index in [4.69, 9.17) is 0 Å². The minimum atomic E-state index is 0.0171. The first-order chi connectivity index (χ1) is 7.16. The van der Waals surface area contributed by atoms with Crippen LogP contribution in [0.2, 0.25) is 0 Å².